The summed E-state index contributed by atoms with van der Waals surface area (Å²) < 4.78 is 5.04. The van der Waals surface area contributed by atoms with Crippen LogP contribution in [0.5, 0.6) is 0 Å². The highest BCUT2D eigenvalue weighted by molar-refractivity contribution is 5.69. The van der Waals surface area contributed by atoms with Crippen LogP contribution in [0.25, 0.3) is 0 Å². The van der Waals surface area contributed by atoms with Gasteiger partial charge in [0.2, 0.25) is 6.29 Å². The van der Waals surface area contributed by atoms with Gasteiger partial charge < -0.3 is 15.2 Å². The maximum Gasteiger partial charge on any atom is 0.308 e. The van der Waals surface area contributed by atoms with Gasteiger partial charge in [-0.05, 0) is 19.4 Å². The molecule has 1 atom stereocenters. The van der Waals surface area contributed by atoms with Crippen LogP contribution in [-0.4, -0.2) is 30.5 Å². The van der Waals surface area contributed by atoms with Gasteiger partial charge in [0.25, 0.3) is 0 Å². The average Bonchev–Trinajstić information content (AvgIpc) is 2.65. The fraction of sp³-hybridized carbons (Fsp3) is 0.957. The van der Waals surface area contributed by atoms with Gasteiger partial charge in [-0.15, -0.1) is 0 Å². The molecule has 162 valence electrons. The summed E-state index contributed by atoms with van der Waals surface area (Å²) in [6.45, 7) is 6.11. The average molecular weight is 386 g/mol. The van der Waals surface area contributed by atoms with Crippen molar-refractivity contribution in [3.8, 4) is 0 Å². The lowest BCUT2D eigenvalue weighted by atomic mass is 10.1. The normalized spacial score (nSPS) is 12.3. The van der Waals surface area contributed by atoms with Crippen LogP contribution < -0.4 is 5.32 Å². The molecule has 0 aliphatic rings. The van der Waals surface area contributed by atoms with Crippen LogP contribution in [0, 0.1) is 0 Å². The zero-order valence-corrected chi connectivity index (χ0v) is 18.3. The molecule has 0 fully saturated rings. The summed E-state index contributed by atoms with van der Waals surface area (Å²) >= 11 is 0. The number of hydrogen-bond donors (Lipinski definition) is 2. The van der Waals surface area contributed by atoms with Gasteiger partial charge in [-0.25, -0.2) is 0 Å². The summed E-state index contributed by atoms with van der Waals surface area (Å²) in [7, 11) is 0. The lowest BCUT2D eigenvalue weighted by Crippen LogP contribution is -2.25. The van der Waals surface area contributed by atoms with Crippen molar-refractivity contribution in [2.75, 3.05) is 13.1 Å². The Morgan fingerprint density at radius 3 is 1.78 bits per heavy atom. The molecular weight excluding hydrogens is 338 g/mol. The van der Waals surface area contributed by atoms with Crippen molar-refractivity contribution >= 4 is 5.97 Å². The number of carbonyl (C=O) groups is 1. The Balaban J connectivity index is 3.26. The number of unbranched alkanes of at least 4 members (excludes halogenated alkanes) is 13. The number of hydrogen-bond acceptors (Lipinski definition) is 4. The first-order valence-corrected chi connectivity index (χ1v) is 11.8. The molecule has 1 unspecified atom stereocenters. The molecule has 4 nitrogen and oxygen atoms in total. The van der Waals surface area contributed by atoms with Crippen LogP contribution in [-0.2, 0) is 9.53 Å². The Hall–Kier alpha value is -0.610. The minimum atomic E-state index is -0.964. The third-order valence-corrected chi connectivity index (χ3v) is 5.03. The van der Waals surface area contributed by atoms with E-state index in [1.165, 1.54) is 83.5 Å². The fourth-order valence-corrected chi connectivity index (χ4v) is 3.23. The van der Waals surface area contributed by atoms with Crippen LogP contribution in [0.2, 0.25) is 0 Å². The zero-order chi connectivity index (χ0) is 20.0. The van der Waals surface area contributed by atoms with Gasteiger partial charge in [0.1, 0.15) is 0 Å². The molecule has 0 aromatic heterocycles. The molecular formula is C23H47NO3. The largest absolute Gasteiger partial charge is 0.436 e. The van der Waals surface area contributed by atoms with Crippen LogP contribution in [0.3, 0.4) is 0 Å². The molecule has 0 radical (unpaired) electrons. The van der Waals surface area contributed by atoms with Crippen molar-refractivity contribution in [3.63, 3.8) is 0 Å². The van der Waals surface area contributed by atoms with Gasteiger partial charge in [-0.2, -0.15) is 0 Å². The summed E-state index contributed by atoms with van der Waals surface area (Å²) in [6, 6.07) is 0. The van der Waals surface area contributed by atoms with Gasteiger partial charge >= 0.3 is 5.97 Å². The van der Waals surface area contributed by atoms with Crippen LogP contribution >= 0.6 is 0 Å². The topological polar surface area (TPSA) is 58.6 Å². The SMILES string of the molecule is CCCCCCCCCCCCNCCC(O)OC(=O)CCCCCCC. The highest BCUT2D eigenvalue weighted by Gasteiger charge is 2.10. The first-order chi connectivity index (χ1) is 13.2. The molecule has 0 amide bonds. The van der Waals surface area contributed by atoms with Crippen molar-refractivity contribution in [3.05, 3.63) is 0 Å². The molecule has 0 bridgehead atoms. The zero-order valence-electron chi connectivity index (χ0n) is 18.3. The Morgan fingerprint density at radius 1 is 0.741 bits per heavy atom. The Morgan fingerprint density at radius 2 is 1.22 bits per heavy atom. The van der Waals surface area contributed by atoms with Crippen molar-refractivity contribution in [2.45, 2.75) is 129 Å². The molecule has 0 saturated heterocycles. The quantitative estimate of drug-likeness (QED) is 0.142. The van der Waals surface area contributed by atoms with E-state index in [2.05, 4.69) is 19.2 Å². The highest BCUT2D eigenvalue weighted by atomic mass is 16.6. The summed E-state index contributed by atoms with van der Waals surface area (Å²) in [6.07, 6.45) is 18.9. The van der Waals surface area contributed by atoms with Crippen molar-refractivity contribution in [2.24, 2.45) is 0 Å². The molecule has 2 N–H and O–H groups in total. The van der Waals surface area contributed by atoms with E-state index in [0.29, 0.717) is 19.4 Å². The second kappa shape index (κ2) is 21.7. The molecule has 0 heterocycles. The molecule has 27 heavy (non-hydrogen) atoms. The number of ether oxygens (including phenoxy) is 1. The Bertz CT molecular complexity index is 310. The van der Waals surface area contributed by atoms with Crippen LogP contribution in [0.15, 0.2) is 0 Å². The minimum absolute atomic E-state index is 0.270. The number of aliphatic hydroxyl groups is 1. The summed E-state index contributed by atoms with van der Waals surface area (Å²) in [5, 5.41) is 13.1. The number of aliphatic hydroxyl groups excluding tert-OH is 1. The predicted octanol–water partition coefficient (Wildman–Crippen LogP) is 6.11. The standard InChI is InChI=1S/C23H47NO3/c1-3-5-7-9-10-11-12-13-15-17-20-24-21-19-23(26)27-22(25)18-16-14-8-6-4-2/h23-24,26H,3-21H2,1-2H3. The van der Waals surface area contributed by atoms with Gasteiger partial charge in [-0.3, -0.25) is 4.79 Å². The van der Waals surface area contributed by atoms with E-state index in [1.807, 2.05) is 0 Å². The Labute approximate surface area is 168 Å². The lowest BCUT2D eigenvalue weighted by molar-refractivity contribution is -0.168. The monoisotopic (exact) mass is 385 g/mol. The smallest absolute Gasteiger partial charge is 0.308 e. The van der Waals surface area contributed by atoms with E-state index >= 15 is 0 Å². The van der Waals surface area contributed by atoms with Crippen molar-refractivity contribution in [1.29, 1.82) is 0 Å². The van der Waals surface area contributed by atoms with E-state index in [4.69, 9.17) is 4.74 Å². The number of esters is 1. The second-order valence-electron chi connectivity index (χ2n) is 7.83. The number of carbonyl (C=O) groups excluding carboxylic acids is 1. The van der Waals surface area contributed by atoms with Gasteiger partial charge in [-0.1, -0.05) is 97.3 Å². The summed E-state index contributed by atoms with van der Waals surface area (Å²) in [4.78, 5) is 11.6. The lowest BCUT2D eigenvalue weighted by Gasteiger charge is -2.12. The maximum absolute atomic E-state index is 11.6. The Kier molecular flexibility index (Phi) is 21.2. The molecule has 0 rings (SSSR count). The molecule has 0 saturated carbocycles. The third kappa shape index (κ3) is 21.5. The van der Waals surface area contributed by atoms with E-state index < -0.39 is 6.29 Å². The molecule has 0 aromatic rings. The molecule has 0 aliphatic heterocycles. The van der Waals surface area contributed by atoms with Gasteiger partial charge in [0.15, 0.2) is 0 Å². The fourth-order valence-electron chi connectivity index (χ4n) is 3.23. The second-order valence-corrected chi connectivity index (χ2v) is 7.83. The predicted molar refractivity (Wildman–Crippen MR) is 115 cm³/mol. The third-order valence-electron chi connectivity index (χ3n) is 5.03. The van der Waals surface area contributed by atoms with Gasteiger partial charge in [0, 0.05) is 19.4 Å². The molecule has 0 aliphatic carbocycles. The summed E-state index contributed by atoms with van der Waals surface area (Å²) in [5.74, 6) is -0.270. The maximum atomic E-state index is 11.6. The van der Waals surface area contributed by atoms with Crippen molar-refractivity contribution in [1.82, 2.24) is 5.32 Å². The minimum Gasteiger partial charge on any atom is -0.436 e. The summed E-state index contributed by atoms with van der Waals surface area (Å²) in [5.41, 5.74) is 0. The number of nitrogens with one attached hydrogen (secondary N) is 1. The van der Waals surface area contributed by atoms with Gasteiger partial charge in [0.05, 0.1) is 0 Å². The van der Waals surface area contributed by atoms with E-state index in [1.54, 1.807) is 0 Å². The van der Waals surface area contributed by atoms with E-state index in [9.17, 15) is 9.90 Å². The highest BCUT2D eigenvalue weighted by Crippen LogP contribution is 2.10. The number of rotatable bonds is 21. The first-order valence-electron chi connectivity index (χ1n) is 11.8. The molecule has 4 heteroatoms. The van der Waals surface area contributed by atoms with Crippen LogP contribution in [0.4, 0.5) is 0 Å². The van der Waals surface area contributed by atoms with Crippen LogP contribution in [0.1, 0.15) is 123 Å². The first kappa shape index (κ1) is 26.4. The molecule has 0 aromatic carbocycles. The van der Waals surface area contributed by atoms with E-state index in [-0.39, 0.29) is 5.97 Å². The van der Waals surface area contributed by atoms with Crippen molar-refractivity contribution < 1.29 is 14.6 Å². The van der Waals surface area contributed by atoms with E-state index in [0.717, 1.165) is 19.4 Å². The molecule has 0 spiro atoms.